The van der Waals surface area contributed by atoms with Crippen LogP contribution in [0.1, 0.15) is 26.5 Å². The Morgan fingerprint density at radius 3 is 2.70 bits per heavy atom. The normalized spacial score (nSPS) is 13.1. The number of carbonyl (C=O) groups is 1. The molecule has 1 aromatic carbocycles. The van der Waals surface area contributed by atoms with Gasteiger partial charge in [-0.25, -0.2) is 4.79 Å². The van der Waals surface area contributed by atoms with Crippen molar-refractivity contribution in [1.29, 1.82) is 0 Å². The number of hydrogen-bond donors (Lipinski definition) is 3. The van der Waals surface area contributed by atoms with Crippen molar-refractivity contribution < 1.29 is 14.6 Å². The number of hydrogen-bond acceptors (Lipinski definition) is 3. The molecule has 126 valence electrons. The quantitative estimate of drug-likeness (QED) is 0.775. The SMILES string of the molecule is CC(C)(C)OC(=O)NC(CO)Cc1cc2ccc(Cl)c(Cl)c2[nH]1. The van der Waals surface area contributed by atoms with Gasteiger partial charge in [-0.1, -0.05) is 29.3 Å². The fraction of sp³-hybridized carbons (Fsp3) is 0.438. The summed E-state index contributed by atoms with van der Waals surface area (Å²) >= 11 is 12.2. The molecule has 0 radical (unpaired) electrons. The third-order valence-electron chi connectivity index (χ3n) is 3.15. The van der Waals surface area contributed by atoms with Crippen LogP contribution in [0.4, 0.5) is 4.79 Å². The summed E-state index contributed by atoms with van der Waals surface area (Å²) in [5.74, 6) is 0. The Morgan fingerprint density at radius 1 is 1.39 bits per heavy atom. The highest BCUT2D eigenvalue weighted by molar-refractivity contribution is 6.45. The lowest BCUT2D eigenvalue weighted by Gasteiger charge is -2.22. The summed E-state index contributed by atoms with van der Waals surface area (Å²) < 4.78 is 5.19. The molecule has 2 aromatic rings. The molecular formula is C16H20Cl2N2O3. The molecule has 3 N–H and O–H groups in total. The summed E-state index contributed by atoms with van der Waals surface area (Å²) in [6.07, 6.45) is -0.146. The Morgan fingerprint density at radius 2 is 2.09 bits per heavy atom. The van der Waals surface area contributed by atoms with E-state index in [0.29, 0.717) is 16.5 Å². The van der Waals surface area contributed by atoms with Gasteiger partial charge in [0.25, 0.3) is 0 Å². The molecule has 0 saturated carbocycles. The molecule has 0 fully saturated rings. The van der Waals surface area contributed by atoms with Crippen molar-refractivity contribution in [3.8, 4) is 0 Å². The van der Waals surface area contributed by atoms with Crippen molar-refractivity contribution >= 4 is 40.2 Å². The van der Waals surface area contributed by atoms with Crippen LogP contribution in [0.15, 0.2) is 18.2 Å². The van der Waals surface area contributed by atoms with Gasteiger partial charge in [-0.3, -0.25) is 0 Å². The van der Waals surface area contributed by atoms with E-state index in [1.165, 1.54) is 0 Å². The van der Waals surface area contributed by atoms with Crippen LogP contribution in [0.2, 0.25) is 10.0 Å². The second kappa shape index (κ2) is 6.99. The highest BCUT2D eigenvalue weighted by atomic mass is 35.5. The lowest BCUT2D eigenvalue weighted by molar-refractivity contribution is 0.0482. The average Bonchev–Trinajstić information content (AvgIpc) is 2.83. The number of rotatable bonds is 4. The number of carbonyl (C=O) groups excluding carboxylic acids is 1. The van der Waals surface area contributed by atoms with Crippen LogP contribution in [0, 0.1) is 0 Å². The lowest BCUT2D eigenvalue weighted by Crippen LogP contribution is -2.42. The lowest BCUT2D eigenvalue weighted by atomic mass is 10.1. The van der Waals surface area contributed by atoms with Gasteiger partial charge in [-0.15, -0.1) is 0 Å². The molecule has 1 unspecified atom stereocenters. The summed E-state index contributed by atoms with van der Waals surface area (Å²) in [4.78, 5) is 15.0. The Kier molecular flexibility index (Phi) is 5.45. The average molecular weight is 359 g/mol. The van der Waals surface area contributed by atoms with Gasteiger partial charge >= 0.3 is 6.09 Å². The molecule has 1 heterocycles. The zero-order valence-corrected chi connectivity index (χ0v) is 14.8. The molecule has 7 heteroatoms. The zero-order chi connectivity index (χ0) is 17.2. The predicted octanol–water partition coefficient (Wildman–Crippen LogP) is 3.90. The van der Waals surface area contributed by atoms with Gasteiger partial charge in [-0.2, -0.15) is 0 Å². The largest absolute Gasteiger partial charge is 0.444 e. The number of fused-ring (bicyclic) bond motifs is 1. The molecule has 0 aliphatic heterocycles. The van der Waals surface area contributed by atoms with E-state index in [1.54, 1.807) is 26.8 Å². The Balaban J connectivity index is 2.10. The van der Waals surface area contributed by atoms with Crippen molar-refractivity contribution in [1.82, 2.24) is 10.3 Å². The summed E-state index contributed by atoms with van der Waals surface area (Å²) in [5.41, 5.74) is 0.984. The van der Waals surface area contributed by atoms with Crippen LogP contribution in [-0.4, -0.2) is 34.4 Å². The number of aromatic amines is 1. The maximum absolute atomic E-state index is 11.8. The number of benzene rings is 1. The molecule has 0 aliphatic carbocycles. The van der Waals surface area contributed by atoms with Crippen LogP contribution >= 0.6 is 23.2 Å². The van der Waals surface area contributed by atoms with Crippen molar-refractivity contribution in [2.24, 2.45) is 0 Å². The van der Waals surface area contributed by atoms with E-state index in [-0.39, 0.29) is 6.61 Å². The zero-order valence-electron chi connectivity index (χ0n) is 13.2. The second-order valence-corrected chi connectivity index (χ2v) is 7.14. The van der Waals surface area contributed by atoms with Gasteiger partial charge in [0, 0.05) is 17.5 Å². The second-order valence-electron chi connectivity index (χ2n) is 6.35. The van der Waals surface area contributed by atoms with E-state index in [2.05, 4.69) is 10.3 Å². The molecule has 0 aliphatic rings. The Hall–Kier alpha value is -1.43. The number of nitrogens with one attached hydrogen (secondary N) is 2. The minimum atomic E-state index is -0.588. The number of H-pyrrole nitrogens is 1. The van der Waals surface area contributed by atoms with Gasteiger partial charge in [0.1, 0.15) is 5.60 Å². The Labute approximate surface area is 144 Å². The van der Waals surface area contributed by atoms with Gasteiger partial charge in [-0.05, 0) is 32.9 Å². The van der Waals surface area contributed by atoms with E-state index in [1.807, 2.05) is 12.1 Å². The van der Waals surface area contributed by atoms with E-state index >= 15 is 0 Å². The molecule has 0 bridgehead atoms. The first-order valence-corrected chi connectivity index (χ1v) is 8.01. The van der Waals surface area contributed by atoms with Crippen LogP contribution < -0.4 is 5.32 Å². The van der Waals surface area contributed by atoms with Gasteiger partial charge < -0.3 is 20.1 Å². The van der Waals surface area contributed by atoms with Crippen LogP contribution in [0.5, 0.6) is 0 Å². The number of halogens is 2. The van der Waals surface area contributed by atoms with Gasteiger partial charge in [0.05, 0.1) is 28.2 Å². The minimum Gasteiger partial charge on any atom is -0.444 e. The predicted molar refractivity (Wildman–Crippen MR) is 92.3 cm³/mol. The fourth-order valence-electron chi connectivity index (χ4n) is 2.21. The molecule has 0 spiro atoms. The number of amides is 1. The van der Waals surface area contributed by atoms with E-state index in [0.717, 1.165) is 16.6 Å². The van der Waals surface area contributed by atoms with Crippen LogP contribution in [0.25, 0.3) is 10.9 Å². The van der Waals surface area contributed by atoms with Gasteiger partial charge in [0.2, 0.25) is 0 Å². The Bertz CT molecular complexity index is 707. The van der Waals surface area contributed by atoms with Gasteiger partial charge in [0.15, 0.2) is 0 Å². The topological polar surface area (TPSA) is 74.3 Å². The number of aromatic nitrogens is 1. The van der Waals surface area contributed by atoms with E-state index in [4.69, 9.17) is 27.9 Å². The first kappa shape index (κ1) is 17.9. The summed E-state index contributed by atoms with van der Waals surface area (Å²) in [7, 11) is 0. The molecule has 0 saturated heterocycles. The van der Waals surface area contributed by atoms with Crippen LogP contribution in [-0.2, 0) is 11.2 Å². The first-order valence-electron chi connectivity index (χ1n) is 7.25. The molecule has 1 aromatic heterocycles. The number of alkyl carbamates (subject to hydrolysis) is 1. The van der Waals surface area contributed by atoms with E-state index < -0.39 is 17.7 Å². The number of ether oxygens (including phenoxy) is 1. The maximum Gasteiger partial charge on any atom is 0.407 e. The standard InChI is InChI=1S/C16H20Cl2N2O3/c1-16(2,3)23-15(22)20-11(8-21)7-10-6-9-4-5-12(17)13(18)14(9)19-10/h4-6,11,19,21H,7-8H2,1-3H3,(H,20,22). The highest BCUT2D eigenvalue weighted by Crippen LogP contribution is 2.30. The fourth-order valence-corrected chi connectivity index (χ4v) is 2.58. The van der Waals surface area contributed by atoms with Crippen molar-refractivity contribution in [2.45, 2.75) is 38.8 Å². The smallest absolute Gasteiger partial charge is 0.407 e. The third kappa shape index (κ3) is 4.77. The van der Waals surface area contributed by atoms with Crippen molar-refractivity contribution in [2.75, 3.05) is 6.61 Å². The highest BCUT2D eigenvalue weighted by Gasteiger charge is 2.20. The summed E-state index contributed by atoms with van der Waals surface area (Å²) in [6, 6.07) is 5.04. The monoisotopic (exact) mass is 358 g/mol. The summed E-state index contributed by atoms with van der Waals surface area (Å²) in [5, 5.41) is 14.0. The third-order valence-corrected chi connectivity index (χ3v) is 3.95. The molecule has 5 nitrogen and oxygen atoms in total. The molecule has 1 amide bonds. The molecule has 23 heavy (non-hydrogen) atoms. The molecular weight excluding hydrogens is 339 g/mol. The first-order chi connectivity index (χ1) is 10.7. The minimum absolute atomic E-state index is 0.205. The summed E-state index contributed by atoms with van der Waals surface area (Å²) in [6.45, 7) is 5.14. The van der Waals surface area contributed by atoms with E-state index in [9.17, 15) is 9.90 Å². The number of aliphatic hydroxyl groups is 1. The van der Waals surface area contributed by atoms with Crippen LogP contribution in [0.3, 0.4) is 0 Å². The van der Waals surface area contributed by atoms with Crippen molar-refractivity contribution in [3.63, 3.8) is 0 Å². The van der Waals surface area contributed by atoms with Crippen molar-refractivity contribution in [3.05, 3.63) is 33.9 Å². The molecule has 2 rings (SSSR count). The maximum atomic E-state index is 11.8. The number of aliphatic hydroxyl groups excluding tert-OH is 1. The molecule has 1 atom stereocenters.